The molecule has 122 valence electrons. The monoisotopic (exact) mass is 322 g/mol. The first-order valence-electron chi connectivity index (χ1n) is 7.66. The summed E-state index contributed by atoms with van der Waals surface area (Å²) in [6.07, 6.45) is 1.39. The number of hydrogen-bond acceptors (Lipinski definition) is 4. The zero-order chi connectivity index (χ0) is 16.6. The molecule has 6 heteroatoms. The molecular formula is C18H18N4O2. The van der Waals surface area contributed by atoms with Gasteiger partial charge in [-0.25, -0.2) is 0 Å². The Kier molecular flexibility index (Phi) is 5.32. The molecule has 24 heavy (non-hydrogen) atoms. The number of nitrogens with zero attached hydrogens (tertiary/aromatic N) is 2. The number of amides is 1. The molecule has 3 aromatic rings. The molecule has 1 amide bonds. The van der Waals surface area contributed by atoms with Crippen LogP contribution < -0.4 is 5.32 Å². The van der Waals surface area contributed by atoms with Gasteiger partial charge >= 0.3 is 0 Å². The van der Waals surface area contributed by atoms with Crippen LogP contribution in [0.4, 0.5) is 0 Å². The zero-order valence-electron chi connectivity index (χ0n) is 13.1. The molecule has 1 aromatic heterocycles. The van der Waals surface area contributed by atoms with Crippen LogP contribution in [0.15, 0.2) is 66.9 Å². The Morgan fingerprint density at radius 2 is 1.79 bits per heavy atom. The Hall–Kier alpha value is -2.99. The Bertz CT molecular complexity index is 745. The second-order valence-corrected chi connectivity index (χ2v) is 5.29. The highest BCUT2D eigenvalue weighted by Crippen LogP contribution is 2.14. The van der Waals surface area contributed by atoms with E-state index in [2.05, 4.69) is 20.7 Å². The van der Waals surface area contributed by atoms with Crippen molar-refractivity contribution in [1.29, 1.82) is 0 Å². The molecule has 0 aliphatic heterocycles. The van der Waals surface area contributed by atoms with Crippen LogP contribution in [0.3, 0.4) is 0 Å². The summed E-state index contributed by atoms with van der Waals surface area (Å²) in [6.45, 7) is 0.854. The fraction of sp³-hybridized carbons (Fsp3) is 0.167. The molecule has 1 atom stereocenters. The fourth-order valence-corrected chi connectivity index (χ4v) is 2.32. The van der Waals surface area contributed by atoms with Gasteiger partial charge < -0.3 is 10.1 Å². The van der Waals surface area contributed by atoms with Crippen LogP contribution in [-0.4, -0.2) is 27.9 Å². The van der Waals surface area contributed by atoms with E-state index in [1.165, 1.54) is 6.20 Å². The number of aromatic nitrogens is 3. The van der Waals surface area contributed by atoms with Crippen molar-refractivity contribution in [3.8, 4) is 0 Å². The molecule has 2 aromatic carbocycles. The average Bonchev–Trinajstić information content (AvgIpc) is 3.17. The summed E-state index contributed by atoms with van der Waals surface area (Å²) in [7, 11) is 0. The lowest BCUT2D eigenvalue weighted by atomic mass is 10.1. The molecule has 0 spiro atoms. The van der Waals surface area contributed by atoms with Gasteiger partial charge in [-0.05, 0) is 11.1 Å². The highest BCUT2D eigenvalue weighted by Gasteiger charge is 2.17. The first-order chi connectivity index (χ1) is 11.8. The maximum atomic E-state index is 12.2. The SMILES string of the molecule is O=C(NC(COCc1ccccc1)c1ccccc1)c1cn[nH]n1. The topological polar surface area (TPSA) is 79.9 Å². The second kappa shape index (κ2) is 8.03. The number of carbonyl (C=O) groups is 1. The lowest BCUT2D eigenvalue weighted by Gasteiger charge is -2.19. The minimum absolute atomic E-state index is 0.249. The Balaban J connectivity index is 1.65. The molecule has 0 fully saturated rings. The summed E-state index contributed by atoms with van der Waals surface area (Å²) >= 11 is 0. The van der Waals surface area contributed by atoms with Gasteiger partial charge in [-0.1, -0.05) is 60.7 Å². The zero-order valence-corrected chi connectivity index (χ0v) is 13.1. The van der Waals surface area contributed by atoms with E-state index in [0.717, 1.165) is 11.1 Å². The molecule has 0 saturated carbocycles. The molecule has 0 bridgehead atoms. The van der Waals surface area contributed by atoms with Crippen molar-refractivity contribution in [2.24, 2.45) is 0 Å². The minimum atomic E-state index is -0.291. The second-order valence-electron chi connectivity index (χ2n) is 5.29. The van der Waals surface area contributed by atoms with Crippen molar-refractivity contribution >= 4 is 5.91 Å². The highest BCUT2D eigenvalue weighted by molar-refractivity contribution is 5.92. The molecule has 0 saturated heterocycles. The van der Waals surface area contributed by atoms with Crippen molar-refractivity contribution in [1.82, 2.24) is 20.7 Å². The fourth-order valence-electron chi connectivity index (χ4n) is 2.32. The van der Waals surface area contributed by atoms with Crippen LogP contribution in [0, 0.1) is 0 Å². The van der Waals surface area contributed by atoms with Crippen LogP contribution in [0.5, 0.6) is 0 Å². The maximum Gasteiger partial charge on any atom is 0.274 e. The number of hydrogen-bond donors (Lipinski definition) is 2. The number of rotatable bonds is 7. The first kappa shape index (κ1) is 15.9. The summed E-state index contributed by atoms with van der Waals surface area (Å²) < 4.78 is 5.80. The van der Waals surface area contributed by atoms with E-state index < -0.39 is 0 Å². The average molecular weight is 322 g/mol. The van der Waals surface area contributed by atoms with E-state index in [1.54, 1.807) is 0 Å². The van der Waals surface area contributed by atoms with Gasteiger partial charge in [0.1, 0.15) is 0 Å². The van der Waals surface area contributed by atoms with Crippen molar-refractivity contribution in [3.63, 3.8) is 0 Å². The Morgan fingerprint density at radius 3 is 2.46 bits per heavy atom. The molecule has 3 rings (SSSR count). The van der Waals surface area contributed by atoms with Gasteiger partial charge in [0.2, 0.25) is 0 Å². The summed E-state index contributed by atoms with van der Waals surface area (Å²) in [4.78, 5) is 12.2. The van der Waals surface area contributed by atoms with Gasteiger partial charge in [0.15, 0.2) is 5.69 Å². The van der Waals surface area contributed by atoms with Crippen LogP contribution >= 0.6 is 0 Å². The lowest BCUT2D eigenvalue weighted by Crippen LogP contribution is -2.31. The van der Waals surface area contributed by atoms with E-state index in [0.29, 0.717) is 13.2 Å². The van der Waals surface area contributed by atoms with Crippen molar-refractivity contribution in [2.45, 2.75) is 12.6 Å². The lowest BCUT2D eigenvalue weighted by molar-refractivity contribution is 0.0793. The van der Waals surface area contributed by atoms with Crippen LogP contribution in [-0.2, 0) is 11.3 Å². The summed E-state index contributed by atoms with van der Waals surface area (Å²) in [5.74, 6) is -0.291. The van der Waals surface area contributed by atoms with Gasteiger partial charge in [-0.15, -0.1) is 0 Å². The molecular weight excluding hydrogens is 304 g/mol. The Labute approximate surface area is 139 Å². The normalized spacial score (nSPS) is 11.8. The van der Waals surface area contributed by atoms with Gasteiger partial charge in [0.25, 0.3) is 5.91 Å². The molecule has 1 unspecified atom stereocenters. The molecule has 2 N–H and O–H groups in total. The van der Waals surface area contributed by atoms with E-state index in [-0.39, 0.29) is 17.6 Å². The highest BCUT2D eigenvalue weighted by atomic mass is 16.5. The van der Waals surface area contributed by atoms with Gasteiger partial charge in [-0.3, -0.25) is 4.79 Å². The third kappa shape index (κ3) is 4.27. The van der Waals surface area contributed by atoms with E-state index in [4.69, 9.17) is 4.74 Å². The molecule has 0 aliphatic carbocycles. The first-order valence-corrected chi connectivity index (χ1v) is 7.66. The number of benzene rings is 2. The van der Waals surface area contributed by atoms with Crippen LogP contribution in [0.1, 0.15) is 27.7 Å². The van der Waals surface area contributed by atoms with Crippen LogP contribution in [0.25, 0.3) is 0 Å². The molecule has 1 heterocycles. The maximum absolute atomic E-state index is 12.2. The Morgan fingerprint density at radius 1 is 1.08 bits per heavy atom. The van der Waals surface area contributed by atoms with E-state index in [1.807, 2.05) is 60.7 Å². The smallest absolute Gasteiger partial charge is 0.274 e. The summed E-state index contributed by atoms with van der Waals surface area (Å²) in [6, 6.07) is 19.4. The van der Waals surface area contributed by atoms with Crippen molar-refractivity contribution < 1.29 is 9.53 Å². The van der Waals surface area contributed by atoms with E-state index >= 15 is 0 Å². The van der Waals surface area contributed by atoms with Crippen LogP contribution in [0.2, 0.25) is 0 Å². The van der Waals surface area contributed by atoms with Crippen molar-refractivity contribution in [3.05, 3.63) is 83.7 Å². The summed E-state index contributed by atoms with van der Waals surface area (Å²) in [5, 5.41) is 12.8. The van der Waals surface area contributed by atoms with Gasteiger partial charge in [0.05, 0.1) is 25.5 Å². The number of H-pyrrole nitrogens is 1. The molecule has 0 aliphatic rings. The van der Waals surface area contributed by atoms with Crippen molar-refractivity contribution in [2.75, 3.05) is 6.61 Å². The van der Waals surface area contributed by atoms with Gasteiger partial charge in [0, 0.05) is 0 Å². The summed E-state index contributed by atoms with van der Waals surface area (Å²) in [5.41, 5.74) is 2.31. The largest absolute Gasteiger partial charge is 0.374 e. The number of aromatic amines is 1. The third-order valence-corrected chi connectivity index (χ3v) is 3.55. The number of carbonyl (C=O) groups excluding carboxylic acids is 1. The van der Waals surface area contributed by atoms with Gasteiger partial charge in [-0.2, -0.15) is 15.4 Å². The standard InChI is InChI=1S/C18H18N4O2/c23-18(16-11-19-22-21-16)20-17(15-9-5-2-6-10-15)13-24-12-14-7-3-1-4-8-14/h1-11,17H,12-13H2,(H,20,23)(H,19,21,22). The quantitative estimate of drug-likeness (QED) is 0.700. The minimum Gasteiger partial charge on any atom is -0.374 e. The van der Waals surface area contributed by atoms with E-state index in [9.17, 15) is 4.79 Å². The third-order valence-electron chi connectivity index (χ3n) is 3.55. The predicted octanol–water partition coefficient (Wildman–Crippen LogP) is 2.49. The molecule has 0 radical (unpaired) electrons. The number of nitrogens with one attached hydrogen (secondary N) is 2. The number of ether oxygens (including phenoxy) is 1. The predicted molar refractivity (Wildman–Crippen MR) is 89.1 cm³/mol. The molecule has 6 nitrogen and oxygen atoms in total.